The number of carbonyl (C=O) groups is 1. The molecule has 0 bridgehead atoms. The van der Waals surface area contributed by atoms with Gasteiger partial charge in [0, 0.05) is 13.5 Å². The molecule has 2 saturated carbocycles. The summed E-state index contributed by atoms with van der Waals surface area (Å²) in [7, 11) is 0. The average Bonchev–Trinajstić information content (AvgIpc) is 2.38. The Hall–Kier alpha value is -0.530. The van der Waals surface area contributed by atoms with Crippen LogP contribution in [-0.4, -0.2) is 12.5 Å². The fraction of sp³-hybridized carbons (Fsp3) is 0.938. The summed E-state index contributed by atoms with van der Waals surface area (Å²) in [5, 5.41) is 2.97. The lowest BCUT2D eigenvalue weighted by Gasteiger charge is -2.44. The van der Waals surface area contributed by atoms with Gasteiger partial charge in [0.2, 0.25) is 5.91 Å². The Morgan fingerprint density at radius 1 is 1.22 bits per heavy atom. The fourth-order valence-electron chi connectivity index (χ4n) is 4.31. The van der Waals surface area contributed by atoms with Crippen LogP contribution in [0.5, 0.6) is 0 Å². The summed E-state index contributed by atoms with van der Waals surface area (Å²) in [6.07, 6.45) is 11.3. The van der Waals surface area contributed by atoms with Gasteiger partial charge in [0.05, 0.1) is 0 Å². The highest BCUT2D eigenvalue weighted by atomic mass is 16.1. The van der Waals surface area contributed by atoms with E-state index in [0.717, 1.165) is 30.2 Å². The standard InChI is InChI=1S/C16H29NO/c1-3-13-7-8-14-5-4-6-15(16(14)11-13)9-10-17-12(2)18/h13-16H,3-11H2,1-2H3,(H,17,18). The van der Waals surface area contributed by atoms with E-state index >= 15 is 0 Å². The first-order chi connectivity index (χ1) is 8.70. The SMILES string of the molecule is CCC1CCC2CCCC(CCNC(C)=O)C2C1. The molecule has 0 aromatic rings. The number of rotatable bonds is 4. The van der Waals surface area contributed by atoms with Crippen LogP contribution in [-0.2, 0) is 4.79 Å². The fourth-order valence-corrected chi connectivity index (χ4v) is 4.31. The van der Waals surface area contributed by atoms with Crippen molar-refractivity contribution in [2.75, 3.05) is 6.54 Å². The molecule has 0 aromatic heterocycles. The quantitative estimate of drug-likeness (QED) is 0.810. The van der Waals surface area contributed by atoms with Crippen molar-refractivity contribution in [1.29, 1.82) is 0 Å². The number of amides is 1. The smallest absolute Gasteiger partial charge is 0.216 e. The molecule has 2 aliphatic carbocycles. The second-order valence-electron chi connectivity index (χ2n) is 6.47. The van der Waals surface area contributed by atoms with Gasteiger partial charge in [-0.05, 0) is 42.9 Å². The molecule has 104 valence electrons. The van der Waals surface area contributed by atoms with Crippen molar-refractivity contribution in [3.05, 3.63) is 0 Å². The van der Waals surface area contributed by atoms with Crippen LogP contribution < -0.4 is 5.32 Å². The van der Waals surface area contributed by atoms with Gasteiger partial charge in [0.15, 0.2) is 0 Å². The minimum atomic E-state index is 0.123. The predicted molar refractivity (Wildman–Crippen MR) is 75.3 cm³/mol. The summed E-state index contributed by atoms with van der Waals surface area (Å²) in [5.74, 6) is 3.95. The van der Waals surface area contributed by atoms with E-state index in [1.807, 2.05) is 0 Å². The Morgan fingerprint density at radius 3 is 2.78 bits per heavy atom. The Labute approximate surface area is 112 Å². The zero-order valence-corrected chi connectivity index (χ0v) is 12.1. The Balaban J connectivity index is 1.86. The summed E-state index contributed by atoms with van der Waals surface area (Å²) in [6, 6.07) is 0. The normalized spacial score (nSPS) is 35.9. The first kappa shape index (κ1) is 13.9. The lowest BCUT2D eigenvalue weighted by molar-refractivity contribution is -0.119. The second kappa shape index (κ2) is 6.58. The van der Waals surface area contributed by atoms with Crippen LogP contribution in [0.2, 0.25) is 0 Å². The van der Waals surface area contributed by atoms with Crippen molar-refractivity contribution in [2.24, 2.45) is 23.7 Å². The number of carbonyl (C=O) groups excluding carboxylic acids is 1. The van der Waals surface area contributed by atoms with E-state index in [4.69, 9.17) is 0 Å². The first-order valence-electron chi connectivity index (χ1n) is 7.95. The van der Waals surface area contributed by atoms with E-state index in [0.29, 0.717) is 0 Å². The average molecular weight is 251 g/mol. The molecule has 1 N–H and O–H groups in total. The highest BCUT2D eigenvalue weighted by molar-refractivity contribution is 5.72. The van der Waals surface area contributed by atoms with Gasteiger partial charge in [0.25, 0.3) is 0 Å². The lowest BCUT2D eigenvalue weighted by atomic mass is 9.62. The van der Waals surface area contributed by atoms with Crippen molar-refractivity contribution >= 4 is 5.91 Å². The molecule has 0 saturated heterocycles. The largest absolute Gasteiger partial charge is 0.356 e. The van der Waals surface area contributed by atoms with Crippen molar-refractivity contribution < 1.29 is 4.79 Å². The lowest BCUT2D eigenvalue weighted by Crippen LogP contribution is -2.35. The zero-order valence-electron chi connectivity index (χ0n) is 12.1. The van der Waals surface area contributed by atoms with Crippen molar-refractivity contribution in [3.8, 4) is 0 Å². The molecular weight excluding hydrogens is 222 g/mol. The van der Waals surface area contributed by atoms with Gasteiger partial charge in [-0.25, -0.2) is 0 Å². The molecule has 1 amide bonds. The van der Waals surface area contributed by atoms with Crippen LogP contribution in [0, 0.1) is 23.7 Å². The van der Waals surface area contributed by atoms with E-state index in [1.54, 1.807) is 6.92 Å². The molecule has 2 fully saturated rings. The highest BCUT2D eigenvalue weighted by Crippen LogP contribution is 2.47. The van der Waals surface area contributed by atoms with Crippen LogP contribution in [0.25, 0.3) is 0 Å². The van der Waals surface area contributed by atoms with E-state index in [9.17, 15) is 4.79 Å². The maximum absolute atomic E-state index is 11.0. The molecule has 0 radical (unpaired) electrons. The monoisotopic (exact) mass is 251 g/mol. The minimum Gasteiger partial charge on any atom is -0.356 e. The molecule has 2 nitrogen and oxygen atoms in total. The number of nitrogens with one attached hydrogen (secondary N) is 1. The third-order valence-corrected chi connectivity index (χ3v) is 5.38. The van der Waals surface area contributed by atoms with Crippen molar-refractivity contribution in [2.45, 2.75) is 65.2 Å². The molecule has 2 heteroatoms. The van der Waals surface area contributed by atoms with E-state index in [-0.39, 0.29) is 5.91 Å². The van der Waals surface area contributed by atoms with Gasteiger partial charge in [0.1, 0.15) is 0 Å². The molecular formula is C16H29NO. The minimum absolute atomic E-state index is 0.123. The third kappa shape index (κ3) is 3.49. The summed E-state index contributed by atoms with van der Waals surface area (Å²) in [4.78, 5) is 11.0. The molecule has 18 heavy (non-hydrogen) atoms. The summed E-state index contributed by atoms with van der Waals surface area (Å²) >= 11 is 0. The van der Waals surface area contributed by atoms with Crippen molar-refractivity contribution in [3.63, 3.8) is 0 Å². The van der Waals surface area contributed by atoms with Crippen LogP contribution in [0.4, 0.5) is 0 Å². The van der Waals surface area contributed by atoms with E-state index in [2.05, 4.69) is 12.2 Å². The molecule has 0 aromatic carbocycles. The molecule has 2 aliphatic rings. The summed E-state index contributed by atoms with van der Waals surface area (Å²) in [6.45, 7) is 4.86. The van der Waals surface area contributed by atoms with Gasteiger partial charge in [-0.2, -0.15) is 0 Å². The first-order valence-corrected chi connectivity index (χ1v) is 7.95. The van der Waals surface area contributed by atoms with Crippen LogP contribution >= 0.6 is 0 Å². The maximum Gasteiger partial charge on any atom is 0.216 e. The summed E-state index contributed by atoms with van der Waals surface area (Å²) in [5.41, 5.74) is 0. The Morgan fingerprint density at radius 2 is 2.06 bits per heavy atom. The van der Waals surface area contributed by atoms with Crippen LogP contribution in [0.15, 0.2) is 0 Å². The van der Waals surface area contributed by atoms with Gasteiger partial charge < -0.3 is 5.32 Å². The molecule has 4 atom stereocenters. The Bertz CT molecular complexity index is 276. The topological polar surface area (TPSA) is 29.1 Å². The molecule has 4 unspecified atom stereocenters. The Kier molecular flexibility index (Phi) is 5.08. The van der Waals surface area contributed by atoms with Crippen LogP contribution in [0.1, 0.15) is 65.2 Å². The zero-order chi connectivity index (χ0) is 13.0. The molecule has 0 aliphatic heterocycles. The second-order valence-corrected chi connectivity index (χ2v) is 6.47. The number of hydrogen-bond acceptors (Lipinski definition) is 1. The van der Waals surface area contributed by atoms with Crippen LogP contribution in [0.3, 0.4) is 0 Å². The molecule has 0 spiro atoms. The van der Waals surface area contributed by atoms with Gasteiger partial charge in [-0.1, -0.05) is 39.0 Å². The van der Waals surface area contributed by atoms with E-state index in [1.165, 1.54) is 51.4 Å². The highest BCUT2D eigenvalue weighted by Gasteiger charge is 2.37. The summed E-state index contributed by atoms with van der Waals surface area (Å²) < 4.78 is 0. The van der Waals surface area contributed by atoms with Gasteiger partial charge in [-0.3, -0.25) is 4.79 Å². The predicted octanol–water partition coefficient (Wildman–Crippen LogP) is 3.76. The molecule has 2 rings (SSSR count). The van der Waals surface area contributed by atoms with Crippen molar-refractivity contribution in [1.82, 2.24) is 5.32 Å². The van der Waals surface area contributed by atoms with Gasteiger partial charge in [-0.15, -0.1) is 0 Å². The van der Waals surface area contributed by atoms with E-state index < -0.39 is 0 Å². The maximum atomic E-state index is 11.0. The van der Waals surface area contributed by atoms with Gasteiger partial charge >= 0.3 is 0 Å². The number of hydrogen-bond donors (Lipinski definition) is 1. The molecule has 0 heterocycles. The number of fused-ring (bicyclic) bond motifs is 1. The third-order valence-electron chi connectivity index (χ3n) is 5.38.